The van der Waals surface area contributed by atoms with E-state index in [4.69, 9.17) is 23.2 Å². The van der Waals surface area contributed by atoms with Gasteiger partial charge in [0.25, 0.3) is 0 Å². The van der Waals surface area contributed by atoms with Crippen LogP contribution in [0.5, 0.6) is 0 Å². The molecule has 0 aliphatic heterocycles. The van der Waals surface area contributed by atoms with Crippen LogP contribution in [0.3, 0.4) is 0 Å². The molecule has 7 nitrogen and oxygen atoms in total. The Bertz CT molecular complexity index is 1140. The molecule has 0 aliphatic rings. The van der Waals surface area contributed by atoms with E-state index in [0.29, 0.717) is 33.3 Å². The second-order valence-corrected chi connectivity index (χ2v) is 11.1. The van der Waals surface area contributed by atoms with Crippen molar-refractivity contribution >= 4 is 50.7 Å². The largest absolute Gasteiger partial charge is 0.352 e. The topological polar surface area (TPSA) is 86.8 Å². The normalized spacial score (nSPS) is 12.4. The van der Waals surface area contributed by atoms with Gasteiger partial charge in [-0.05, 0) is 56.5 Å². The number of carbonyl (C=O) groups excluding carboxylic acids is 2. The molecule has 2 aromatic carbocycles. The average Bonchev–Trinajstić information content (AvgIpc) is 2.74. The summed E-state index contributed by atoms with van der Waals surface area (Å²) in [4.78, 5) is 28.0. The van der Waals surface area contributed by atoms with Crippen LogP contribution in [0.25, 0.3) is 0 Å². The van der Waals surface area contributed by atoms with Gasteiger partial charge in [0.05, 0.1) is 11.9 Å². The molecular formula is C24H31Cl2N3O4S. The van der Waals surface area contributed by atoms with Crippen LogP contribution in [0, 0.1) is 6.92 Å². The van der Waals surface area contributed by atoms with E-state index in [0.717, 1.165) is 10.6 Å². The number of anilines is 1. The molecule has 0 fully saturated rings. The molecule has 10 heteroatoms. The quantitative estimate of drug-likeness (QED) is 0.495. The van der Waals surface area contributed by atoms with Crippen molar-refractivity contribution in [2.24, 2.45) is 0 Å². The lowest BCUT2D eigenvalue weighted by Gasteiger charge is -2.33. The molecule has 2 amide bonds. The third-order valence-corrected chi connectivity index (χ3v) is 7.21. The summed E-state index contributed by atoms with van der Waals surface area (Å²) >= 11 is 12.5. The number of benzene rings is 2. The Kier molecular flexibility index (Phi) is 9.79. The third-order valence-electron chi connectivity index (χ3n) is 5.30. The summed E-state index contributed by atoms with van der Waals surface area (Å²) in [5.41, 5.74) is 1.49. The van der Waals surface area contributed by atoms with Crippen molar-refractivity contribution < 1.29 is 18.0 Å². The van der Waals surface area contributed by atoms with Crippen LogP contribution in [0.15, 0.2) is 42.5 Å². The zero-order chi connectivity index (χ0) is 25.6. The summed E-state index contributed by atoms with van der Waals surface area (Å²) in [6.07, 6.45) is 1.37. The summed E-state index contributed by atoms with van der Waals surface area (Å²) in [5, 5.41) is 3.68. The van der Waals surface area contributed by atoms with Crippen LogP contribution in [0.2, 0.25) is 10.0 Å². The maximum atomic E-state index is 13.6. The first kappa shape index (κ1) is 28.0. The first-order valence-corrected chi connectivity index (χ1v) is 13.5. The molecular weight excluding hydrogens is 497 g/mol. The number of hydrogen-bond donors (Lipinski definition) is 1. The molecule has 0 unspecified atom stereocenters. The van der Waals surface area contributed by atoms with Gasteiger partial charge in [-0.3, -0.25) is 13.9 Å². The number of nitrogens with zero attached hydrogens (tertiary/aromatic N) is 2. The minimum absolute atomic E-state index is 0.0503. The third kappa shape index (κ3) is 7.10. The fourth-order valence-corrected chi connectivity index (χ4v) is 4.84. The van der Waals surface area contributed by atoms with Gasteiger partial charge in [0.1, 0.15) is 12.6 Å². The fraction of sp³-hybridized carbons (Fsp3) is 0.417. The van der Waals surface area contributed by atoms with Gasteiger partial charge >= 0.3 is 0 Å². The van der Waals surface area contributed by atoms with Crippen molar-refractivity contribution in [1.82, 2.24) is 10.2 Å². The second-order valence-electron chi connectivity index (χ2n) is 8.35. The number of halogens is 2. The molecule has 0 bridgehead atoms. The van der Waals surface area contributed by atoms with E-state index in [9.17, 15) is 18.0 Å². The number of nitrogens with one attached hydrogen (secondary N) is 1. The molecule has 0 radical (unpaired) electrons. The highest BCUT2D eigenvalue weighted by Gasteiger charge is 2.32. The smallest absolute Gasteiger partial charge is 0.244 e. The number of sulfonamides is 1. The Morgan fingerprint density at radius 3 is 2.21 bits per heavy atom. The predicted octanol–water partition coefficient (Wildman–Crippen LogP) is 4.40. The molecule has 1 atom stereocenters. The maximum Gasteiger partial charge on any atom is 0.244 e. The van der Waals surface area contributed by atoms with Crippen LogP contribution in [0.1, 0.15) is 38.3 Å². The zero-order valence-corrected chi connectivity index (χ0v) is 22.3. The molecule has 0 spiro atoms. The van der Waals surface area contributed by atoms with E-state index >= 15 is 0 Å². The molecule has 2 aromatic rings. The van der Waals surface area contributed by atoms with E-state index in [1.54, 1.807) is 56.3 Å². The van der Waals surface area contributed by atoms with Crippen LogP contribution in [0.4, 0.5) is 5.69 Å². The van der Waals surface area contributed by atoms with E-state index in [2.05, 4.69) is 5.32 Å². The van der Waals surface area contributed by atoms with Crippen molar-refractivity contribution in [2.45, 2.75) is 52.7 Å². The molecule has 0 aromatic heterocycles. The first-order chi connectivity index (χ1) is 15.9. The Labute approximate surface area is 212 Å². The highest BCUT2D eigenvalue weighted by atomic mass is 35.5. The molecule has 1 N–H and O–H groups in total. The lowest BCUT2D eigenvalue weighted by atomic mass is 10.1. The van der Waals surface area contributed by atoms with Gasteiger partial charge in [-0.15, -0.1) is 0 Å². The van der Waals surface area contributed by atoms with Gasteiger partial charge in [-0.25, -0.2) is 8.42 Å². The van der Waals surface area contributed by atoms with Crippen molar-refractivity contribution in [3.8, 4) is 0 Å². The lowest BCUT2D eigenvalue weighted by Crippen LogP contribution is -2.53. The summed E-state index contributed by atoms with van der Waals surface area (Å²) in [7, 11) is -3.84. The van der Waals surface area contributed by atoms with Crippen LogP contribution >= 0.6 is 23.2 Å². The van der Waals surface area contributed by atoms with Crippen molar-refractivity contribution in [3.63, 3.8) is 0 Å². The Morgan fingerprint density at radius 1 is 1.03 bits per heavy atom. The molecule has 0 heterocycles. The first-order valence-electron chi connectivity index (χ1n) is 10.9. The van der Waals surface area contributed by atoms with Gasteiger partial charge in [0.15, 0.2) is 0 Å². The predicted molar refractivity (Wildman–Crippen MR) is 138 cm³/mol. The number of carbonyl (C=O) groups is 2. The summed E-state index contributed by atoms with van der Waals surface area (Å²) in [6.45, 7) is 6.71. The molecule has 34 heavy (non-hydrogen) atoms. The molecule has 2 rings (SSSR count). The van der Waals surface area contributed by atoms with E-state index in [-0.39, 0.29) is 18.5 Å². The second kappa shape index (κ2) is 11.9. The minimum atomic E-state index is -3.84. The van der Waals surface area contributed by atoms with Crippen molar-refractivity contribution in [3.05, 3.63) is 63.6 Å². The fourth-order valence-electron chi connectivity index (χ4n) is 3.57. The maximum absolute atomic E-state index is 13.6. The minimum Gasteiger partial charge on any atom is -0.352 e. The molecule has 0 saturated carbocycles. The standard InChI is InChI=1S/C24H31Cl2N3O4S/c1-6-21(24(31)27-16(2)3)28(14-18-10-7-8-11-20(18)26)23(30)15-29(34(5,32)33)22-13-9-12-19(25)17(22)4/h7-13,16,21H,6,14-15H2,1-5H3,(H,27,31)/t21-/m0/s1. The number of amides is 2. The lowest BCUT2D eigenvalue weighted by molar-refractivity contribution is -0.140. The number of hydrogen-bond acceptors (Lipinski definition) is 4. The Hall–Kier alpha value is -2.29. The van der Waals surface area contributed by atoms with Gasteiger partial charge in [-0.2, -0.15) is 0 Å². The monoisotopic (exact) mass is 527 g/mol. The van der Waals surface area contributed by atoms with Crippen molar-refractivity contribution in [2.75, 3.05) is 17.1 Å². The van der Waals surface area contributed by atoms with Gasteiger partial charge in [0.2, 0.25) is 21.8 Å². The highest BCUT2D eigenvalue weighted by molar-refractivity contribution is 7.92. The van der Waals surface area contributed by atoms with Crippen LogP contribution < -0.4 is 9.62 Å². The van der Waals surface area contributed by atoms with Gasteiger partial charge in [-0.1, -0.05) is 54.4 Å². The zero-order valence-electron chi connectivity index (χ0n) is 20.0. The highest BCUT2D eigenvalue weighted by Crippen LogP contribution is 2.29. The van der Waals surface area contributed by atoms with E-state index in [1.807, 2.05) is 13.8 Å². The van der Waals surface area contributed by atoms with Crippen LogP contribution in [-0.2, 0) is 26.2 Å². The van der Waals surface area contributed by atoms with Gasteiger partial charge in [0, 0.05) is 22.6 Å². The average molecular weight is 529 g/mol. The van der Waals surface area contributed by atoms with E-state index < -0.39 is 28.5 Å². The van der Waals surface area contributed by atoms with Crippen molar-refractivity contribution in [1.29, 1.82) is 0 Å². The summed E-state index contributed by atoms with van der Waals surface area (Å²) in [5.74, 6) is -0.849. The van der Waals surface area contributed by atoms with Gasteiger partial charge < -0.3 is 10.2 Å². The summed E-state index contributed by atoms with van der Waals surface area (Å²) in [6, 6.07) is 11.0. The van der Waals surface area contributed by atoms with Crippen LogP contribution in [-0.4, -0.2) is 50.0 Å². The molecule has 186 valence electrons. The SMILES string of the molecule is CC[C@@H](C(=O)NC(C)C)N(Cc1ccccc1Cl)C(=O)CN(c1cccc(Cl)c1C)S(C)(=O)=O. The Balaban J connectivity index is 2.50. The van der Waals surface area contributed by atoms with E-state index in [1.165, 1.54) is 4.90 Å². The Morgan fingerprint density at radius 2 is 1.65 bits per heavy atom. The molecule has 0 saturated heterocycles. The summed E-state index contributed by atoms with van der Waals surface area (Å²) < 4.78 is 26.4. The molecule has 0 aliphatic carbocycles. The number of rotatable bonds is 10.